The third-order valence-electron chi connectivity index (χ3n) is 3.93. The van der Waals surface area contributed by atoms with E-state index in [9.17, 15) is 8.42 Å². The van der Waals surface area contributed by atoms with Crippen LogP contribution in [0.25, 0.3) is 0 Å². The van der Waals surface area contributed by atoms with Crippen molar-refractivity contribution in [3.05, 3.63) is 24.3 Å². The summed E-state index contributed by atoms with van der Waals surface area (Å²) in [6, 6.07) is 7.52. The van der Waals surface area contributed by atoms with Crippen molar-refractivity contribution in [1.29, 1.82) is 0 Å². The number of rotatable bonds is 6. The van der Waals surface area contributed by atoms with Crippen LogP contribution in [0.3, 0.4) is 0 Å². The molecule has 1 aromatic rings. The SMILES string of the molecule is NC1CC(CNc2ccccc2S(=O)(=O)NC2CC2)C1. The topological polar surface area (TPSA) is 84.2 Å². The Morgan fingerprint density at radius 1 is 1.20 bits per heavy atom. The highest BCUT2D eigenvalue weighted by Crippen LogP contribution is 2.28. The average Bonchev–Trinajstić information content (AvgIpc) is 3.17. The molecule has 3 rings (SSSR count). The first-order chi connectivity index (χ1) is 9.54. The Balaban J connectivity index is 1.70. The average molecular weight is 295 g/mol. The number of sulfonamides is 1. The molecule has 20 heavy (non-hydrogen) atoms. The maximum absolute atomic E-state index is 12.3. The lowest BCUT2D eigenvalue weighted by Crippen LogP contribution is -2.39. The molecule has 4 N–H and O–H groups in total. The van der Waals surface area contributed by atoms with Crippen molar-refractivity contribution in [2.45, 2.75) is 42.7 Å². The Labute approximate surface area is 120 Å². The van der Waals surface area contributed by atoms with Gasteiger partial charge >= 0.3 is 0 Å². The Morgan fingerprint density at radius 3 is 2.55 bits per heavy atom. The lowest BCUT2D eigenvalue weighted by atomic mass is 9.81. The van der Waals surface area contributed by atoms with Gasteiger partial charge in [-0.15, -0.1) is 0 Å². The number of anilines is 1. The summed E-state index contributed by atoms with van der Waals surface area (Å²) >= 11 is 0. The maximum Gasteiger partial charge on any atom is 0.242 e. The molecule has 0 bridgehead atoms. The van der Waals surface area contributed by atoms with Crippen molar-refractivity contribution in [2.24, 2.45) is 11.7 Å². The van der Waals surface area contributed by atoms with Crippen LogP contribution in [-0.4, -0.2) is 27.0 Å². The van der Waals surface area contributed by atoms with Crippen molar-refractivity contribution in [1.82, 2.24) is 4.72 Å². The monoisotopic (exact) mass is 295 g/mol. The van der Waals surface area contributed by atoms with Gasteiger partial charge in [-0.05, 0) is 43.7 Å². The van der Waals surface area contributed by atoms with Crippen LogP contribution in [0.15, 0.2) is 29.2 Å². The second-order valence-electron chi connectivity index (χ2n) is 5.87. The fraction of sp³-hybridized carbons (Fsp3) is 0.571. The molecular weight excluding hydrogens is 274 g/mol. The van der Waals surface area contributed by atoms with Gasteiger partial charge in [-0.3, -0.25) is 0 Å². The number of para-hydroxylation sites is 1. The zero-order valence-corrected chi connectivity index (χ0v) is 12.2. The minimum absolute atomic E-state index is 0.123. The molecule has 0 unspecified atom stereocenters. The van der Waals surface area contributed by atoms with Gasteiger partial charge in [0.15, 0.2) is 0 Å². The van der Waals surface area contributed by atoms with E-state index < -0.39 is 10.0 Å². The second-order valence-corrected chi connectivity index (χ2v) is 7.55. The van der Waals surface area contributed by atoms with Gasteiger partial charge in [0, 0.05) is 18.6 Å². The number of hydrogen-bond donors (Lipinski definition) is 3. The van der Waals surface area contributed by atoms with E-state index in [4.69, 9.17) is 5.73 Å². The van der Waals surface area contributed by atoms with Crippen molar-refractivity contribution >= 4 is 15.7 Å². The van der Waals surface area contributed by atoms with Crippen molar-refractivity contribution in [3.63, 3.8) is 0 Å². The van der Waals surface area contributed by atoms with Crippen LogP contribution in [0, 0.1) is 5.92 Å². The number of hydrogen-bond acceptors (Lipinski definition) is 4. The normalized spacial score (nSPS) is 26.1. The molecule has 0 amide bonds. The summed E-state index contributed by atoms with van der Waals surface area (Å²) < 4.78 is 27.3. The summed E-state index contributed by atoms with van der Waals surface area (Å²) in [4.78, 5) is 0.343. The molecular formula is C14H21N3O2S. The van der Waals surface area contributed by atoms with E-state index >= 15 is 0 Å². The van der Waals surface area contributed by atoms with Crippen LogP contribution in [0.5, 0.6) is 0 Å². The quantitative estimate of drug-likeness (QED) is 0.738. The van der Waals surface area contributed by atoms with Gasteiger partial charge in [0.2, 0.25) is 10.0 Å². The van der Waals surface area contributed by atoms with Crippen molar-refractivity contribution in [3.8, 4) is 0 Å². The molecule has 0 aliphatic heterocycles. The highest BCUT2D eigenvalue weighted by Gasteiger charge is 2.30. The molecule has 0 heterocycles. The van der Waals surface area contributed by atoms with Gasteiger partial charge in [-0.25, -0.2) is 13.1 Å². The Bertz CT molecular complexity index is 578. The standard InChI is InChI=1S/C14H21N3O2S/c15-11-7-10(8-11)9-16-13-3-1-2-4-14(13)20(18,19)17-12-5-6-12/h1-4,10-12,16-17H,5-9,15H2. The summed E-state index contributed by atoms with van der Waals surface area (Å²) in [6.07, 6.45) is 3.91. The first-order valence-corrected chi connectivity index (χ1v) is 8.64. The van der Waals surface area contributed by atoms with Crippen LogP contribution in [0.4, 0.5) is 5.69 Å². The van der Waals surface area contributed by atoms with Gasteiger partial charge in [0.05, 0.1) is 5.69 Å². The predicted molar refractivity (Wildman–Crippen MR) is 79.0 cm³/mol. The van der Waals surface area contributed by atoms with E-state index in [1.807, 2.05) is 12.1 Å². The van der Waals surface area contributed by atoms with E-state index in [0.29, 0.717) is 22.5 Å². The van der Waals surface area contributed by atoms with E-state index in [0.717, 1.165) is 32.2 Å². The molecule has 6 heteroatoms. The molecule has 2 aliphatic carbocycles. The smallest absolute Gasteiger partial charge is 0.242 e. The molecule has 0 spiro atoms. The minimum atomic E-state index is -3.41. The Hall–Kier alpha value is -1.11. The van der Waals surface area contributed by atoms with Gasteiger partial charge in [-0.2, -0.15) is 0 Å². The maximum atomic E-state index is 12.3. The summed E-state index contributed by atoms with van der Waals surface area (Å²) in [5, 5.41) is 3.26. The van der Waals surface area contributed by atoms with Crippen molar-refractivity contribution < 1.29 is 8.42 Å². The molecule has 1 aromatic carbocycles. The highest BCUT2D eigenvalue weighted by molar-refractivity contribution is 7.89. The van der Waals surface area contributed by atoms with Crippen LogP contribution in [0.1, 0.15) is 25.7 Å². The van der Waals surface area contributed by atoms with Crippen LogP contribution < -0.4 is 15.8 Å². The highest BCUT2D eigenvalue weighted by atomic mass is 32.2. The fourth-order valence-electron chi connectivity index (χ4n) is 2.54. The number of nitrogens with one attached hydrogen (secondary N) is 2. The predicted octanol–water partition coefficient (Wildman–Crippen LogP) is 1.28. The zero-order valence-electron chi connectivity index (χ0n) is 11.4. The Kier molecular flexibility index (Phi) is 3.70. The van der Waals surface area contributed by atoms with Gasteiger partial charge < -0.3 is 11.1 Å². The van der Waals surface area contributed by atoms with Gasteiger partial charge in [-0.1, -0.05) is 12.1 Å². The first kappa shape index (κ1) is 13.9. The minimum Gasteiger partial charge on any atom is -0.384 e. The summed E-state index contributed by atoms with van der Waals surface area (Å²) in [5.41, 5.74) is 6.45. The van der Waals surface area contributed by atoms with Crippen LogP contribution in [0.2, 0.25) is 0 Å². The Morgan fingerprint density at radius 2 is 1.90 bits per heavy atom. The summed E-state index contributed by atoms with van der Waals surface area (Å²) in [6.45, 7) is 0.781. The second kappa shape index (κ2) is 5.35. The molecule has 5 nitrogen and oxygen atoms in total. The van der Waals surface area contributed by atoms with E-state index in [2.05, 4.69) is 10.0 Å². The van der Waals surface area contributed by atoms with E-state index in [-0.39, 0.29) is 6.04 Å². The lowest BCUT2D eigenvalue weighted by Gasteiger charge is -2.32. The lowest BCUT2D eigenvalue weighted by molar-refractivity contribution is 0.280. The summed E-state index contributed by atoms with van der Waals surface area (Å²) in [5.74, 6) is 0.553. The van der Waals surface area contributed by atoms with Crippen LogP contribution >= 0.6 is 0 Å². The van der Waals surface area contributed by atoms with Gasteiger partial charge in [0.25, 0.3) is 0 Å². The van der Waals surface area contributed by atoms with Crippen LogP contribution in [-0.2, 0) is 10.0 Å². The van der Waals surface area contributed by atoms with E-state index in [1.165, 1.54) is 0 Å². The molecule has 0 saturated heterocycles. The molecule has 2 fully saturated rings. The fourth-order valence-corrected chi connectivity index (χ4v) is 4.03. The third-order valence-corrected chi connectivity index (χ3v) is 5.51. The molecule has 110 valence electrons. The number of benzene rings is 1. The van der Waals surface area contributed by atoms with E-state index in [1.54, 1.807) is 12.1 Å². The zero-order chi connectivity index (χ0) is 14.2. The molecule has 0 atom stereocenters. The largest absolute Gasteiger partial charge is 0.384 e. The summed E-state index contributed by atoms with van der Waals surface area (Å²) in [7, 11) is -3.41. The molecule has 2 aliphatic rings. The molecule has 0 radical (unpaired) electrons. The first-order valence-electron chi connectivity index (χ1n) is 7.15. The molecule has 2 saturated carbocycles. The molecule has 0 aromatic heterocycles. The number of nitrogens with two attached hydrogens (primary N) is 1. The van der Waals surface area contributed by atoms with Gasteiger partial charge in [0.1, 0.15) is 4.90 Å². The van der Waals surface area contributed by atoms with Crippen molar-refractivity contribution in [2.75, 3.05) is 11.9 Å². The third kappa shape index (κ3) is 3.13.